The van der Waals surface area contributed by atoms with Gasteiger partial charge >= 0.3 is 5.97 Å². The number of carbonyl (C=O) groups is 1. The maximum absolute atomic E-state index is 10.9. The summed E-state index contributed by atoms with van der Waals surface area (Å²) in [6, 6.07) is 1.67. The molecule has 1 unspecified atom stereocenters. The Kier molecular flexibility index (Phi) is 5.35. The van der Waals surface area contributed by atoms with E-state index in [1.54, 1.807) is 13.0 Å². The Bertz CT molecular complexity index is 410. The highest BCUT2D eigenvalue weighted by Gasteiger charge is 2.15. The largest absolute Gasteiger partial charge is 0.481 e. The lowest BCUT2D eigenvalue weighted by atomic mass is 10.1. The lowest BCUT2D eigenvalue weighted by Crippen LogP contribution is -2.22. The summed E-state index contributed by atoms with van der Waals surface area (Å²) in [6.45, 7) is 6.36. The lowest BCUT2D eigenvalue weighted by Gasteiger charge is -2.12. The van der Waals surface area contributed by atoms with Crippen LogP contribution in [0.25, 0.3) is 0 Å². The van der Waals surface area contributed by atoms with Gasteiger partial charge < -0.3 is 15.2 Å². The molecule has 1 rings (SSSR count). The Labute approximate surface area is 106 Å². The molecule has 0 saturated heterocycles. The number of carboxylic acids is 1. The van der Waals surface area contributed by atoms with Crippen molar-refractivity contribution in [2.24, 2.45) is 5.92 Å². The van der Waals surface area contributed by atoms with Gasteiger partial charge in [0.25, 0.3) is 0 Å². The molecule has 18 heavy (non-hydrogen) atoms. The molecule has 0 amide bonds. The fourth-order valence-electron chi connectivity index (χ4n) is 1.49. The number of hydrogen-bond donors (Lipinski definition) is 2. The molecule has 100 valence electrons. The highest BCUT2D eigenvalue weighted by molar-refractivity contribution is 5.70. The molecule has 0 aliphatic carbocycles. The van der Waals surface area contributed by atoms with Crippen LogP contribution < -0.4 is 10.1 Å². The first-order valence-corrected chi connectivity index (χ1v) is 6.02. The maximum atomic E-state index is 10.9. The van der Waals surface area contributed by atoms with Crippen LogP contribution in [0.1, 0.15) is 26.1 Å². The van der Waals surface area contributed by atoms with Crippen molar-refractivity contribution in [2.45, 2.75) is 27.2 Å². The van der Waals surface area contributed by atoms with Crippen molar-refractivity contribution < 1.29 is 14.6 Å². The number of aromatic nitrogens is 2. The quantitative estimate of drug-likeness (QED) is 0.769. The fourth-order valence-corrected chi connectivity index (χ4v) is 1.49. The van der Waals surface area contributed by atoms with E-state index in [-0.39, 0.29) is 0 Å². The van der Waals surface area contributed by atoms with Crippen molar-refractivity contribution >= 4 is 11.8 Å². The Morgan fingerprint density at radius 1 is 1.50 bits per heavy atom. The number of aliphatic carboxylic acids is 1. The van der Waals surface area contributed by atoms with Crippen LogP contribution in [-0.4, -0.2) is 34.2 Å². The van der Waals surface area contributed by atoms with Gasteiger partial charge in [-0.15, -0.1) is 0 Å². The summed E-state index contributed by atoms with van der Waals surface area (Å²) >= 11 is 0. The predicted octanol–water partition coefficient (Wildman–Crippen LogP) is 1.71. The normalized spacial score (nSPS) is 11.9. The molecular formula is C12H19N3O3. The number of anilines is 1. The molecule has 0 bridgehead atoms. The molecule has 1 aromatic heterocycles. The topological polar surface area (TPSA) is 84.3 Å². The van der Waals surface area contributed by atoms with Gasteiger partial charge in [0, 0.05) is 12.6 Å². The van der Waals surface area contributed by atoms with E-state index in [1.807, 2.05) is 13.8 Å². The van der Waals surface area contributed by atoms with E-state index in [1.165, 1.54) is 0 Å². The second kappa shape index (κ2) is 6.78. The molecule has 1 aromatic rings. The number of hydrogen-bond acceptors (Lipinski definition) is 5. The van der Waals surface area contributed by atoms with Crippen LogP contribution in [0, 0.1) is 12.8 Å². The molecule has 0 aliphatic rings. The minimum atomic E-state index is -0.805. The first-order chi connectivity index (χ1) is 8.56. The Morgan fingerprint density at radius 2 is 2.22 bits per heavy atom. The average molecular weight is 253 g/mol. The van der Waals surface area contributed by atoms with Gasteiger partial charge in [0.2, 0.25) is 5.88 Å². The highest BCUT2D eigenvalue weighted by atomic mass is 16.5. The molecule has 1 atom stereocenters. The van der Waals surface area contributed by atoms with Gasteiger partial charge in [-0.1, -0.05) is 6.92 Å². The van der Waals surface area contributed by atoms with E-state index in [2.05, 4.69) is 15.3 Å². The van der Waals surface area contributed by atoms with Gasteiger partial charge in [-0.05, 0) is 20.3 Å². The van der Waals surface area contributed by atoms with Gasteiger partial charge in [0.1, 0.15) is 11.6 Å². The number of nitrogens with one attached hydrogen (secondary N) is 1. The van der Waals surface area contributed by atoms with Crippen LogP contribution in [-0.2, 0) is 4.79 Å². The van der Waals surface area contributed by atoms with E-state index < -0.39 is 11.9 Å². The summed E-state index contributed by atoms with van der Waals surface area (Å²) in [7, 11) is 0. The predicted molar refractivity (Wildman–Crippen MR) is 67.8 cm³/mol. The summed E-state index contributed by atoms with van der Waals surface area (Å²) in [4.78, 5) is 19.2. The van der Waals surface area contributed by atoms with Crippen molar-refractivity contribution in [1.29, 1.82) is 0 Å². The van der Waals surface area contributed by atoms with Crippen LogP contribution in [0.5, 0.6) is 5.88 Å². The van der Waals surface area contributed by atoms with Crippen LogP contribution in [0.3, 0.4) is 0 Å². The van der Waals surface area contributed by atoms with Gasteiger partial charge in [-0.25, -0.2) is 4.98 Å². The van der Waals surface area contributed by atoms with E-state index in [0.29, 0.717) is 37.1 Å². The van der Waals surface area contributed by atoms with Crippen LogP contribution >= 0.6 is 0 Å². The van der Waals surface area contributed by atoms with Crippen molar-refractivity contribution in [3.05, 3.63) is 11.9 Å². The third kappa shape index (κ3) is 4.20. The Balaban J connectivity index is 2.69. The molecule has 1 heterocycles. The highest BCUT2D eigenvalue weighted by Crippen LogP contribution is 2.14. The third-order valence-corrected chi connectivity index (χ3v) is 2.48. The Hall–Kier alpha value is -1.85. The monoisotopic (exact) mass is 253 g/mol. The zero-order valence-corrected chi connectivity index (χ0v) is 10.9. The van der Waals surface area contributed by atoms with Crippen molar-refractivity contribution in [3.63, 3.8) is 0 Å². The van der Waals surface area contributed by atoms with E-state index in [9.17, 15) is 4.79 Å². The molecule has 0 fully saturated rings. The van der Waals surface area contributed by atoms with Gasteiger partial charge in [-0.3, -0.25) is 4.79 Å². The molecular weight excluding hydrogens is 234 g/mol. The third-order valence-electron chi connectivity index (χ3n) is 2.48. The molecule has 6 heteroatoms. The summed E-state index contributed by atoms with van der Waals surface area (Å²) < 4.78 is 5.30. The minimum Gasteiger partial charge on any atom is -0.481 e. The van der Waals surface area contributed by atoms with Crippen LogP contribution in [0.15, 0.2) is 6.07 Å². The van der Waals surface area contributed by atoms with Gasteiger partial charge in [0.15, 0.2) is 0 Å². The zero-order chi connectivity index (χ0) is 13.5. The summed E-state index contributed by atoms with van der Waals surface area (Å²) in [5.41, 5.74) is 0. The minimum absolute atomic E-state index is 0.341. The molecule has 2 N–H and O–H groups in total. The Morgan fingerprint density at radius 3 is 2.78 bits per heavy atom. The second-order valence-corrected chi connectivity index (χ2v) is 3.90. The lowest BCUT2D eigenvalue weighted by molar-refractivity contribution is -0.141. The van der Waals surface area contributed by atoms with Crippen LogP contribution in [0.4, 0.5) is 5.82 Å². The number of ether oxygens (including phenoxy) is 1. The van der Waals surface area contributed by atoms with Crippen molar-refractivity contribution in [1.82, 2.24) is 9.97 Å². The number of rotatable bonds is 7. The van der Waals surface area contributed by atoms with Gasteiger partial charge in [-0.2, -0.15) is 4.98 Å². The van der Waals surface area contributed by atoms with E-state index in [0.717, 1.165) is 0 Å². The number of aryl methyl sites for hydroxylation is 1. The SMILES string of the molecule is CCOc1cc(NCC(CC)C(=O)O)nc(C)n1. The average Bonchev–Trinajstić information content (AvgIpc) is 2.29. The molecule has 0 aliphatic heterocycles. The maximum Gasteiger partial charge on any atom is 0.308 e. The number of nitrogens with zero attached hydrogens (tertiary/aromatic N) is 2. The van der Waals surface area contributed by atoms with Crippen LogP contribution in [0.2, 0.25) is 0 Å². The van der Waals surface area contributed by atoms with E-state index >= 15 is 0 Å². The molecule has 0 aromatic carbocycles. The van der Waals surface area contributed by atoms with E-state index in [4.69, 9.17) is 9.84 Å². The zero-order valence-electron chi connectivity index (χ0n) is 10.9. The molecule has 0 spiro atoms. The smallest absolute Gasteiger partial charge is 0.308 e. The number of carboxylic acid groups (broad SMARTS) is 1. The first-order valence-electron chi connectivity index (χ1n) is 6.02. The molecule has 0 saturated carbocycles. The molecule has 0 radical (unpaired) electrons. The molecule has 6 nitrogen and oxygen atoms in total. The standard InChI is InChI=1S/C12H19N3O3/c1-4-9(12(16)17)7-13-10-6-11(18-5-2)15-8(3)14-10/h6,9H,4-5,7H2,1-3H3,(H,16,17)(H,13,14,15). The summed E-state index contributed by atoms with van der Waals surface area (Å²) in [5, 5.41) is 12.0. The summed E-state index contributed by atoms with van der Waals surface area (Å²) in [6.07, 6.45) is 0.574. The van der Waals surface area contributed by atoms with Gasteiger partial charge in [0.05, 0.1) is 12.5 Å². The van der Waals surface area contributed by atoms with Crippen molar-refractivity contribution in [2.75, 3.05) is 18.5 Å². The van der Waals surface area contributed by atoms with Crippen molar-refractivity contribution in [3.8, 4) is 5.88 Å². The second-order valence-electron chi connectivity index (χ2n) is 3.90. The first kappa shape index (κ1) is 14.2. The fraction of sp³-hybridized carbons (Fsp3) is 0.583. The summed E-state index contributed by atoms with van der Waals surface area (Å²) in [5.74, 6) is 0.449.